The largest absolute Gasteiger partial charge is 0.351 e. The fraction of sp³-hybridized carbons (Fsp3) is 0.176. The van der Waals surface area contributed by atoms with Gasteiger partial charge in [0.25, 0.3) is 5.91 Å². The minimum absolute atomic E-state index is 0.130. The molecule has 24 heavy (non-hydrogen) atoms. The molecule has 6 nitrogen and oxygen atoms in total. The number of nitrogens with one attached hydrogen (secondary N) is 1. The molecular weight excluding hydrogens is 322 g/mol. The molecule has 3 rings (SSSR count). The second kappa shape index (κ2) is 7.74. The average molecular weight is 339 g/mol. The number of thioether (sulfide) groups is 1. The number of hydrogen-bond donors (Lipinski definition) is 1. The smallest absolute Gasteiger partial charge is 0.253 e. The third kappa shape index (κ3) is 3.80. The second-order valence-corrected chi connectivity index (χ2v) is 6.24. The molecule has 0 saturated carbocycles. The number of carbonyl (C=O) groups excluding carboxylic acids is 1. The number of nitrogens with zero attached hydrogens (tertiary/aromatic N) is 4. The van der Waals surface area contributed by atoms with E-state index in [2.05, 4.69) is 33.0 Å². The van der Waals surface area contributed by atoms with E-state index in [0.29, 0.717) is 23.6 Å². The van der Waals surface area contributed by atoms with E-state index in [4.69, 9.17) is 0 Å². The lowest BCUT2D eigenvalue weighted by molar-refractivity contribution is 0.0956. The third-order valence-electron chi connectivity index (χ3n) is 3.40. The Labute approximate surface area is 144 Å². The van der Waals surface area contributed by atoms with Gasteiger partial charge in [0, 0.05) is 17.2 Å². The Hall–Kier alpha value is -2.67. The van der Waals surface area contributed by atoms with E-state index in [-0.39, 0.29) is 5.91 Å². The van der Waals surface area contributed by atoms with Gasteiger partial charge in [-0.15, -0.1) is 16.9 Å². The Morgan fingerprint density at radius 3 is 2.62 bits per heavy atom. The maximum absolute atomic E-state index is 12.5. The first-order valence-corrected chi connectivity index (χ1v) is 8.54. The van der Waals surface area contributed by atoms with Crippen LogP contribution in [0.3, 0.4) is 0 Å². The summed E-state index contributed by atoms with van der Waals surface area (Å²) in [5.41, 5.74) is 1.23. The van der Waals surface area contributed by atoms with Crippen LogP contribution in [0.15, 0.2) is 59.5 Å². The number of benzene rings is 2. The summed E-state index contributed by atoms with van der Waals surface area (Å²) < 4.78 is 1.56. The second-order valence-electron chi connectivity index (χ2n) is 5.07. The van der Waals surface area contributed by atoms with Crippen molar-refractivity contribution in [2.24, 2.45) is 0 Å². The summed E-state index contributed by atoms with van der Waals surface area (Å²) in [7, 11) is 0. The normalized spacial score (nSPS) is 10.5. The van der Waals surface area contributed by atoms with Gasteiger partial charge in [0.15, 0.2) is 5.82 Å². The number of aromatic nitrogens is 4. The number of amides is 1. The Kier molecular flexibility index (Phi) is 5.22. The van der Waals surface area contributed by atoms with Gasteiger partial charge in [-0.2, -0.15) is 4.68 Å². The van der Waals surface area contributed by atoms with Crippen molar-refractivity contribution < 1.29 is 4.79 Å². The van der Waals surface area contributed by atoms with Crippen LogP contribution in [0.4, 0.5) is 0 Å². The van der Waals surface area contributed by atoms with Gasteiger partial charge < -0.3 is 5.32 Å². The number of aryl methyl sites for hydroxylation is 1. The SMILES string of the molecule is Cc1nnnn1-c1ccccc1C(=O)NCCSc1ccccc1. The minimum atomic E-state index is -0.130. The number of rotatable bonds is 6. The highest BCUT2D eigenvalue weighted by molar-refractivity contribution is 7.99. The van der Waals surface area contributed by atoms with Crippen LogP contribution in [-0.2, 0) is 0 Å². The molecule has 0 aliphatic heterocycles. The van der Waals surface area contributed by atoms with Crippen molar-refractivity contribution in [3.8, 4) is 5.69 Å². The summed E-state index contributed by atoms with van der Waals surface area (Å²) in [5.74, 6) is 1.31. The molecule has 2 aromatic carbocycles. The summed E-state index contributed by atoms with van der Waals surface area (Å²) >= 11 is 1.71. The average Bonchev–Trinajstić information content (AvgIpc) is 3.05. The van der Waals surface area contributed by atoms with Gasteiger partial charge in [-0.1, -0.05) is 30.3 Å². The molecule has 0 spiro atoms. The van der Waals surface area contributed by atoms with Crippen LogP contribution in [-0.4, -0.2) is 38.4 Å². The summed E-state index contributed by atoms with van der Waals surface area (Å²) in [6.07, 6.45) is 0. The zero-order valence-corrected chi connectivity index (χ0v) is 14.0. The van der Waals surface area contributed by atoms with E-state index in [1.165, 1.54) is 4.90 Å². The molecular formula is C17H17N5OS. The Morgan fingerprint density at radius 1 is 1.12 bits per heavy atom. The van der Waals surface area contributed by atoms with E-state index in [0.717, 1.165) is 5.75 Å². The standard InChI is InChI=1S/C17H17N5OS/c1-13-19-20-21-22(13)16-10-6-5-9-15(16)17(23)18-11-12-24-14-7-3-2-4-8-14/h2-10H,11-12H2,1H3,(H,18,23). The topological polar surface area (TPSA) is 72.7 Å². The van der Waals surface area contributed by atoms with Crippen molar-refractivity contribution in [2.45, 2.75) is 11.8 Å². The van der Waals surface area contributed by atoms with Crippen LogP contribution in [0, 0.1) is 6.92 Å². The highest BCUT2D eigenvalue weighted by atomic mass is 32.2. The van der Waals surface area contributed by atoms with Crippen LogP contribution >= 0.6 is 11.8 Å². The van der Waals surface area contributed by atoms with Gasteiger partial charge in [0.2, 0.25) is 0 Å². The maximum Gasteiger partial charge on any atom is 0.253 e. The van der Waals surface area contributed by atoms with E-state index in [1.807, 2.05) is 36.4 Å². The molecule has 7 heteroatoms. The lowest BCUT2D eigenvalue weighted by atomic mass is 10.1. The Bertz CT molecular complexity index is 819. The van der Waals surface area contributed by atoms with Crippen molar-refractivity contribution in [3.63, 3.8) is 0 Å². The first kappa shape index (κ1) is 16.2. The molecule has 0 saturated heterocycles. The van der Waals surface area contributed by atoms with Crippen molar-refractivity contribution in [1.82, 2.24) is 25.5 Å². The number of hydrogen-bond acceptors (Lipinski definition) is 5. The number of carbonyl (C=O) groups is 1. The van der Waals surface area contributed by atoms with E-state index in [9.17, 15) is 4.79 Å². The lowest BCUT2D eigenvalue weighted by Crippen LogP contribution is -2.27. The molecule has 3 aromatic rings. The van der Waals surface area contributed by atoms with Gasteiger partial charge in [-0.3, -0.25) is 4.79 Å². The monoisotopic (exact) mass is 339 g/mol. The molecule has 0 atom stereocenters. The maximum atomic E-state index is 12.5. The van der Waals surface area contributed by atoms with E-state index < -0.39 is 0 Å². The Morgan fingerprint density at radius 2 is 1.88 bits per heavy atom. The fourth-order valence-electron chi connectivity index (χ4n) is 2.25. The lowest BCUT2D eigenvalue weighted by Gasteiger charge is -2.10. The number of para-hydroxylation sites is 1. The molecule has 0 radical (unpaired) electrons. The highest BCUT2D eigenvalue weighted by Crippen LogP contribution is 2.17. The van der Waals surface area contributed by atoms with Crippen molar-refractivity contribution in [2.75, 3.05) is 12.3 Å². The molecule has 0 unspecified atom stereocenters. The van der Waals surface area contributed by atoms with E-state index >= 15 is 0 Å². The highest BCUT2D eigenvalue weighted by Gasteiger charge is 2.14. The number of tetrazole rings is 1. The quantitative estimate of drug-likeness (QED) is 0.552. The summed E-state index contributed by atoms with van der Waals surface area (Å²) in [4.78, 5) is 13.7. The molecule has 1 heterocycles. The van der Waals surface area contributed by atoms with E-state index in [1.54, 1.807) is 29.4 Å². The van der Waals surface area contributed by atoms with Gasteiger partial charge in [-0.05, 0) is 41.6 Å². The Balaban J connectivity index is 1.62. The molecule has 0 fully saturated rings. The molecule has 122 valence electrons. The zero-order chi connectivity index (χ0) is 16.8. The first-order chi connectivity index (χ1) is 11.8. The minimum Gasteiger partial charge on any atom is -0.351 e. The molecule has 1 amide bonds. The van der Waals surface area contributed by atoms with Crippen LogP contribution < -0.4 is 5.32 Å². The molecule has 0 aliphatic carbocycles. The summed E-state index contributed by atoms with van der Waals surface area (Å²) in [5, 5.41) is 14.4. The third-order valence-corrected chi connectivity index (χ3v) is 4.42. The predicted molar refractivity (Wildman–Crippen MR) is 93.4 cm³/mol. The molecule has 0 bridgehead atoms. The van der Waals surface area contributed by atoms with Gasteiger partial charge in [-0.25, -0.2) is 0 Å². The molecule has 1 N–H and O–H groups in total. The van der Waals surface area contributed by atoms with Crippen LogP contribution in [0.5, 0.6) is 0 Å². The van der Waals surface area contributed by atoms with Gasteiger partial charge >= 0.3 is 0 Å². The first-order valence-electron chi connectivity index (χ1n) is 7.56. The van der Waals surface area contributed by atoms with Crippen LogP contribution in [0.2, 0.25) is 0 Å². The van der Waals surface area contributed by atoms with Crippen molar-refractivity contribution >= 4 is 17.7 Å². The van der Waals surface area contributed by atoms with Crippen molar-refractivity contribution in [3.05, 3.63) is 66.0 Å². The molecule has 0 aliphatic rings. The predicted octanol–water partition coefficient (Wildman–Crippen LogP) is 2.49. The van der Waals surface area contributed by atoms with Crippen LogP contribution in [0.1, 0.15) is 16.2 Å². The van der Waals surface area contributed by atoms with Crippen LogP contribution in [0.25, 0.3) is 5.69 Å². The summed E-state index contributed by atoms with van der Waals surface area (Å²) in [6, 6.07) is 17.4. The van der Waals surface area contributed by atoms with Crippen molar-refractivity contribution in [1.29, 1.82) is 0 Å². The summed E-state index contributed by atoms with van der Waals surface area (Å²) in [6.45, 7) is 2.38. The van der Waals surface area contributed by atoms with Gasteiger partial charge in [0.05, 0.1) is 11.3 Å². The zero-order valence-electron chi connectivity index (χ0n) is 13.2. The molecule has 1 aromatic heterocycles. The fourth-order valence-corrected chi connectivity index (χ4v) is 3.04. The van der Waals surface area contributed by atoms with Gasteiger partial charge in [0.1, 0.15) is 0 Å².